The smallest absolute Gasteiger partial charge is 0.252 e. The third-order valence-corrected chi connectivity index (χ3v) is 6.43. The second-order valence-electron chi connectivity index (χ2n) is 7.42. The molecule has 2 heterocycles. The fourth-order valence-electron chi connectivity index (χ4n) is 3.84. The fourth-order valence-corrected chi connectivity index (χ4v) is 4.36. The normalized spacial score (nSPS) is 14.5. The molecule has 1 aliphatic heterocycles. The van der Waals surface area contributed by atoms with Crippen molar-refractivity contribution < 1.29 is 13.2 Å². The maximum atomic E-state index is 13.3. The molecule has 7 nitrogen and oxygen atoms in total. The molecule has 1 amide bonds. The number of nitrogens with two attached hydrogens (primary N) is 1. The van der Waals surface area contributed by atoms with Crippen LogP contribution in [0.25, 0.3) is 10.9 Å². The van der Waals surface area contributed by atoms with Crippen LogP contribution in [-0.2, 0) is 29.5 Å². The number of nitrogens with zero attached hydrogens (tertiary/aromatic N) is 2. The van der Waals surface area contributed by atoms with Crippen molar-refractivity contribution in [2.45, 2.75) is 31.3 Å². The van der Waals surface area contributed by atoms with Gasteiger partial charge >= 0.3 is 0 Å². The minimum Gasteiger partial charge on any atom is -0.348 e. The Morgan fingerprint density at radius 3 is 2.60 bits per heavy atom. The summed E-state index contributed by atoms with van der Waals surface area (Å²) in [5.41, 5.74) is 4.27. The number of hydrogen-bond donors (Lipinski definition) is 2. The van der Waals surface area contributed by atoms with Crippen molar-refractivity contribution >= 4 is 26.8 Å². The van der Waals surface area contributed by atoms with Crippen molar-refractivity contribution in [3.8, 4) is 0 Å². The molecule has 1 aliphatic rings. The first-order valence-corrected chi connectivity index (χ1v) is 11.4. The number of para-hydroxylation sites is 1. The summed E-state index contributed by atoms with van der Waals surface area (Å²) in [7, 11) is -3.74. The highest BCUT2D eigenvalue weighted by molar-refractivity contribution is 7.89. The second-order valence-corrected chi connectivity index (χ2v) is 8.98. The lowest BCUT2D eigenvalue weighted by molar-refractivity contribution is 0.0949. The Morgan fingerprint density at radius 2 is 1.90 bits per heavy atom. The molecule has 1 aromatic heterocycles. The Bertz CT molecular complexity index is 1210. The quantitative estimate of drug-likeness (QED) is 0.653. The number of amides is 1. The Kier molecular flexibility index (Phi) is 5.55. The van der Waals surface area contributed by atoms with Gasteiger partial charge in [-0.1, -0.05) is 37.3 Å². The summed E-state index contributed by atoms with van der Waals surface area (Å²) < 4.78 is 22.8. The first kappa shape index (κ1) is 20.5. The molecule has 3 N–H and O–H groups in total. The Morgan fingerprint density at radius 1 is 1.17 bits per heavy atom. The number of nitrogens with one attached hydrogen (secondary N) is 1. The minimum atomic E-state index is -3.74. The van der Waals surface area contributed by atoms with E-state index in [1.165, 1.54) is 12.1 Å². The monoisotopic (exact) mass is 424 g/mol. The van der Waals surface area contributed by atoms with Gasteiger partial charge in [0.1, 0.15) is 0 Å². The minimum absolute atomic E-state index is 0.0476. The summed E-state index contributed by atoms with van der Waals surface area (Å²) in [4.78, 5) is 20.4. The van der Waals surface area contributed by atoms with Gasteiger partial charge in [0, 0.05) is 42.7 Å². The lowest BCUT2D eigenvalue weighted by Gasteiger charge is -2.29. The van der Waals surface area contributed by atoms with Crippen LogP contribution in [0, 0.1) is 0 Å². The van der Waals surface area contributed by atoms with Gasteiger partial charge in [0.25, 0.3) is 5.91 Å². The molecular formula is C22H24N4O3S. The molecule has 30 heavy (non-hydrogen) atoms. The SMILES string of the molecule is CCN1CCc2nc3ccccc3c(C(=O)NCc3ccc(S(N)(=O)=O)cc3)c2C1. The lowest BCUT2D eigenvalue weighted by atomic mass is 9.95. The molecule has 2 aromatic carbocycles. The molecule has 4 rings (SSSR count). The van der Waals surface area contributed by atoms with E-state index in [0.717, 1.165) is 47.2 Å². The van der Waals surface area contributed by atoms with Gasteiger partial charge in [0.05, 0.1) is 16.0 Å². The molecule has 156 valence electrons. The van der Waals surface area contributed by atoms with Crippen LogP contribution in [0.4, 0.5) is 0 Å². The summed E-state index contributed by atoms with van der Waals surface area (Å²) in [5, 5.41) is 8.96. The highest BCUT2D eigenvalue weighted by Crippen LogP contribution is 2.28. The fraction of sp³-hybridized carbons (Fsp3) is 0.273. The molecule has 0 unspecified atom stereocenters. The topological polar surface area (TPSA) is 105 Å². The van der Waals surface area contributed by atoms with Crippen molar-refractivity contribution in [2.75, 3.05) is 13.1 Å². The zero-order valence-electron chi connectivity index (χ0n) is 16.8. The highest BCUT2D eigenvalue weighted by atomic mass is 32.2. The van der Waals surface area contributed by atoms with Gasteiger partial charge in [-0.2, -0.15) is 0 Å². The van der Waals surface area contributed by atoms with Crippen LogP contribution in [0.5, 0.6) is 0 Å². The number of hydrogen-bond acceptors (Lipinski definition) is 5. The first-order chi connectivity index (χ1) is 14.4. The zero-order valence-corrected chi connectivity index (χ0v) is 17.6. The van der Waals surface area contributed by atoms with Gasteiger partial charge in [-0.25, -0.2) is 13.6 Å². The van der Waals surface area contributed by atoms with Crippen LogP contribution in [0.15, 0.2) is 53.4 Å². The van der Waals surface area contributed by atoms with E-state index in [-0.39, 0.29) is 17.3 Å². The molecule has 0 fully saturated rings. The van der Waals surface area contributed by atoms with Crippen LogP contribution in [-0.4, -0.2) is 37.3 Å². The van der Waals surface area contributed by atoms with Crippen LogP contribution < -0.4 is 10.5 Å². The van der Waals surface area contributed by atoms with E-state index in [1.807, 2.05) is 24.3 Å². The molecule has 0 spiro atoms. The van der Waals surface area contributed by atoms with Gasteiger partial charge < -0.3 is 5.32 Å². The van der Waals surface area contributed by atoms with Crippen molar-refractivity contribution in [2.24, 2.45) is 5.14 Å². The number of sulfonamides is 1. The maximum Gasteiger partial charge on any atom is 0.252 e. The summed E-state index contributed by atoms with van der Waals surface area (Å²) in [6.45, 7) is 4.96. The van der Waals surface area contributed by atoms with E-state index < -0.39 is 10.0 Å². The van der Waals surface area contributed by atoms with Crippen LogP contribution >= 0.6 is 0 Å². The molecular weight excluding hydrogens is 400 g/mol. The van der Waals surface area contributed by atoms with E-state index >= 15 is 0 Å². The molecule has 0 atom stereocenters. The molecule has 3 aromatic rings. The van der Waals surface area contributed by atoms with Gasteiger partial charge in [-0.05, 0) is 30.3 Å². The predicted molar refractivity (Wildman–Crippen MR) is 115 cm³/mol. The van der Waals surface area contributed by atoms with Crippen molar-refractivity contribution in [3.63, 3.8) is 0 Å². The number of primary sulfonamides is 1. The van der Waals surface area contributed by atoms with E-state index in [1.54, 1.807) is 12.1 Å². The summed E-state index contributed by atoms with van der Waals surface area (Å²) in [5.74, 6) is -0.154. The summed E-state index contributed by atoms with van der Waals surface area (Å²) >= 11 is 0. The molecule has 0 radical (unpaired) electrons. The van der Waals surface area contributed by atoms with Crippen molar-refractivity contribution in [1.29, 1.82) is 0 Å². The number of pyridine rings is 1. The molecule has 0 aliphatic carbocycles. The lowest BCUT2D eigenvalue weighted by Crippen LogP contribution is -2.34. The number of rotatable bonds is 5. The average molecular weight is 425 g/mol. The first-order valence-electron chi connectivity index (χ1n) is 9.89. The Hall–Kier alpha value is -2.81. The third kappa shape index (κ3) is 4.07. The molecule has 0 saturated heterocycles. The number of carbonyl (C=O) groups is 1. The Balaban J connectivity index is 1.64. The molecule has 8 heteroatoms. The zero-order chi connectivity index (χ0) is 21.3. The number of benzene rings is 2. The van der Waals surface area contributed by atoms with Crippen LogP contribution in [0.2, 0.25) is 0 Å². The highest BCUT2D eigenvalue weighted by Gasteiger charge is 2.25. The average Bonchev–Trinajstić information content (AvgIpc) is 2.75. The maximum absolute atomic E-state index is 13.3. The van der Waals surface area contributed by atoms with Crippen molar-refractivity contribution in [3.05, 3.63) is 70.9 Å². The van der Waals surface area contributed by atoms with E-state index in [4.69, 9.17) is 10.1 Å². The van der Waals surface area contributed by atoms with Gasteiger partial charge in [-0.3, -0.25) is 14.7 Å². The number of carbonyl (C=O) groups excluding carboxylic acids is 1. The van der Waals surface area contributed by atoms with Gasteiger partial charge in [0.15, 0.2) is 0 Å². The van der Waals surface area contributed by atoms with Crippen LogP contribution in [0.1, 0.15) is 34.1 Å². The van der Waals surface area contributed by atoms with Gasteiger partial charge in [-0.15, -0.1) is 0 Å². The second kappa shape index (κ2) is 8.14. The largest absolute Gasteiger partial charge is 0.348 e. The van der Waals surface area contributed by atoms with E-state index in [0.29, 0.717) is 12.1 Å². The third-order valence-electron chi connectivity index (χ3n) is 5.50. The molecule has 0 bridgehead atoms. The summed E-state index contributed by atoms with van der Waals surface area (Å²) in [6, 6.07) is 13.9. The standard InChI is InChI=1S/C22H24N4O3S/c1-2-26-12-11-20-18(14-26)21(17-5-3-4-6-19(17)25-20)22(27)24-13-15-7-9-16(10-8-15)30(23,28)29/h3-10H,2,11-14H2,1H3,(H,24,27)(H2,23,28,29). The number of fused-ring (bicyclic) bond motifs is 2. The summed E-state index contributed by atoms with van der Waals surface area (Å²) in [6.07, 6.45) is 0.823. The molecule has 0 saturated carbocycles. The predicted octanol–water partition coefficient (Wildman–Crippen LogP) is 2.19. The van der Waals surface area contributed by atoms with Crippen molar-refractivity contribution in [1.82, 2.24) is 15.2 Å². The number of aromatic nitrogens is 1. The van der Waals surface area contributed by atoms with E-state index in [2.05, 4.69) is 17.1 Å². The van der Waals surface area contributed by atoms with Gasteiger partial charge in [0.2, 0.25) is 10.0 Å². The Labute approximate surface area is 176 Å². The number of likely N-dealkylation sites (N-methyl/N-ethyl adjacent to an activating group) is 1. The van der Waals surface area contributed by atoms with Crippen LogP contribution in [0.3, 0.4) is 0 Å². The van der Waals surface area contributed by atoms with E-state index in [9.17, 15) is 13.2 Å².